The normalized spacial score (nSPS) is 11.2. The predicted octanol–water partition coefficient (Wildman–Crippen LogP) is 2.80. The molecule has 0 amide bonds. The van der Waals surface area contributed by atoms with Gasteiger partial charge in [0, 0.05) is 7.05 Å². The number of rotatable bonds is 3. The summed E-state index contributed by atoms with van der Waals surface area (Å²) >= 11 is 5.42. The van der Waals surface area contributed by atoms with E-state index in [0.717, 1.165) is 22.6 Å². The molecule has 0 aliphatic rings. The monoisotopic (exact) mass is 288 g/mol. The summed E-state index contributed by atoms with van der Waals surface area (Å²) in [7, 11) is 3.60. The van der Waals surface area contributed by atoms with Gasteiger partial charge in [0.15, 0.2) is 10.4 Å². The van der Waals surface area contributed by atoms with Crippen molar-refractivity contribution >= 4 is 23.4 Å². The first-order chi connectivity index (χ1) is 9.60. The molecule has 0 saturated carbocycles. The summed E-state index contributed by atoms with van der Waals surface area (Å²) in [6, 6.07) is 8.00. The van der Waals surface area contributed by atoms with Crippen molar-refractivity contribution in [3.63, 3.8) is 0 Å². The van der Waals surface area contributed by atoms with Crippen LogP contribution in [-0.2, 0) is 13.6 Å². The molecule has 0 bridgehead atoms. The van der Waals surface area contributed by atoms with Gasteiger partial charge in [-0.2, -0.15) is 5.10 Å². The van der Waals surface area contributed by atoms with E-state index in [1.807, 2.05) is 42.9 Å². The van der Waals surface area contributed by atoms with E-state index in [-0.39, 0.29) is 0 Å². The number of hydrogen-bond acceptors (Lipinski definition) is 3. The van der Waals surface area contributed by atoms with E-state index in [0.29, 0.717) is 11.3 Å². The molecule has 1 aromatic carbocycles. The Morgan fingerprint density at radius 3 is 2.65 bits per heavy atom. The fraction of sp³-hybridized carbons (Fsp3) is 0.286. The third kappa shape index (κ3) is 2.02. The molecule has 0 unspecified atom stereocenters. The Hall–Kier alpha value is -2.08. The molecule has 2 aromatic heterocycles. The minimum Gasteiger partial charge on any atom is -0.497 e. The maximum Gasteiger partial charge on any atom is 0.179 e. The Kier molecular flexibility index (Phi) is 3.10. The average Bonchev–Trinajstić information content (AvgIpc) is 2.90. The molecular weight excluding hydrogens is 272 g/mol. The van der Waals surface area contributed by atoms with Crippen LogP contribution in [0.4, 0.5) is 0 Å². The Labute approximate surface area is 121 Å². The summed E-state index contributed by atoms with van der Waals surface area (Å²) in [5, 5.41) is 4.42. The lowest BCUT2D eigenvalue weighted by molar-refractivity contribution is 0.414. The van der Waals surface area contributed by atoms with Gasteiger partial charge in [-0.3, -0.25) is 9.25 Å². The Morgan fingerprint density at radius 2 is 2.00 bits per heavy atom. The zero-order chi connectivity index (χ0) is 14.3. The predicted molar refractivity (Wildman–Crippen MR) is 80.7 cm³/mol. The summed E-state index contributed by atoms with van der Waals surface area (Å²) in [6.07, 6.45) is 0. The van der Waals surface area contributed by atoms with Crippen molar-refractivity contribution in [2.45, 2.75) is 13.5 Å². The molecule has 2 heterocycles. The van der Waals surface area contributed by atoms with Gasteiger partial charge in [0.1, 0.15) is 11.3 Å². The first kappa shape index (κ1) is 12.9. The number of benzene rings is 1. The third-order valence-electron chi connectivity index (χ3n) is 3.42. The number of nitrogens with one attached hydrogen (secondary N) is 1. The van der Waals surface area contributed by atoms with Crippen LogP contribution < -0.4 is 4.74 Å². The molecule has 3 aromatic rings. The minimum atomic E-state index is 0.710. The minimum absolute atomic E-state index is 0.710. The number of methoxy groups -OCH3 is 1. The van der Waals surface area contributed by atoms with Gasteiger partial charge in [0.05, 0.1) is 19.3 Å². The first-order valence-electron chi connectivity index (χ1n) is 6.35. The lowest BCUT2D eigenvalue weighted by atomic mass is 10.2. The number of aromatic amines is 1. The summed E-state index contributed by atoms with van der Waals surface area (Å²) in [4.78, 5) is 3.23. The molecule has 0 atom stereocenters. The van der Waals surface area contributed by atoms with Crippen LogP contribution >= 0.6 is 12.2 Å². The Balaban J connectivity index is 2.05. The van der Waals surface area contributed by atoms with Crippen LogP contribution in [0.3, 0.4) is 0 Å². The van der Waals surface area contributed by atoms with E-state index in [1.165, 1.54) is 5.56 Å². The van der Waals surface area contributed by atoms with Crippen molar-refractivity contribution in [3.05, 3.63) is 40.3 Å². The number of imidazole rings is 1. The van der Waals surface area contributed by atoms with Gasteiger partial charge in [-0.15, -0.1) is 0 Å². The van der Waals surface area contributed by atoms with Crippen molar-refractivity contribution in [1.82, 2.24) is 19.3 Å². The maximum absolute atomic E-state index is 5.42. The number of hydrogen-bond donors (Lipinski definition) is 1. The fourth-order valence-electron chi connectivity index (χ4n) is 2.43. The summed E-state index contributed by atoms with van der Waals surface area (Å²) in [6.45, 7) is 2.69. The molecule has 0 fully saturated rings. The molecule has 0 spiro atoms. The van der Waals surface area contributed by atoms with Crippen LogP contribution in [0.25, 0.3) is 11.2 Å². The smallest absolute Gasteiger partial charge is 0.179 e. The molecule has 0 aliphatic heterocycles. The van der Waals surface area contributed by atoms with Gasteiger partial charge < -0.3 is 9.72 Å². The van der Waals surface area contributed by atoms with Crippen molar-refractivity contribution in [1.29, 1.82) is 0 Å². The van der Waals surface area contributed by atoms with E-state index >= 15 is 0 Å². The van der Waals surface area contributed by atoms with Crippen molar-refractivity contribution in [2.75, 3.05) is 7.11 Å². The van der Waals surface area contributed by atoms with Gasteiger partial charge in [0.25, 0.3) is 0 Å². The zero-order valence-electron chi connectivity index (χ0n) is 11.7. The quantitative estimate of drug-likeness (QED) is 0.754. The standard InChI is InChI=1S/C14H16N4OS/c1-9-12-13(17(2)16-9)18(14(20)15-12)8-10-4-6-11(19-3)7-5-10/h4-7H,8H2,1-3H3,(H,15,20). The average molecular weight is 288 g/mol. The lowest BCUT2D eigenvalue weighted by Gasteiger charge is -2.06. The summed E-state index contributed by atoms with van der Waals surface area (Å²) < 4.78 is 9.81. The summed E-state index contributed by atoms with van der Waals surface area (Å²) in [5.41, 5.74) is 4.15. The van der Waals surface area contributed by atoms with Crippen molar-refractivity contribution in [2.24, 2.45) is 7.05 Å². The van der Waals surface area contributed by atoms with Crippen LogP contribution in [0.5, 0.6) is 5.75 Å². The topological polar surface area (TPSA) is 47.8 Å². The molecule has 6 heteroatoms. The summed E-state index contributed by atoms with van der Waals surface area (Å²) in [5.74, 6) is 0.855. The molecular formula is C14H16N4OS. The van der Waals surface area contributed by atoms with Gasteiger partial charge in [0.2, 0.25) is 0 Å². The molecule has 1 N–H and O–H groups in total. The van der Waals surface area contributed by atoms with Crippen molar-refractivity contribution in [3.8, 4) is 5.75 Å². The second-order valence-electron chi connectivity index (χ2n) is 4.77. The molecule has 5 nitrogen and oxygen atoms in total. The van der Waals surface area contributed by atoms with Crippen LogP contribution in [-0.4, -0.2) is 26.4 Å². The van der Waals surface area contributed by atoms with E-state index in [1.54, 1.807) is 7.11 Å². The number of aryl methyl sites for hydroxylation is 2. The third-order valence-corrected chi connectivity index (χ3v) is 3.75. The second kappa shape index (κ2) is 4.79. The highest BCUT2D eigenvalue weighted by molar-refractivity contribution is 7.71. The number of fused-ring (bicyclic) bond motifs is 1. The second-order valence-corrected chi connectivity index (χ2v) is 5.16. The van der Waals surface area contributed by atoms with E-state index in [9.17, 15) is 0 Å². The van der Waals surface area contributed by atoms with Gasteiger partial charge in [-0.05, 0) is 36.8 Å². The maximum atomic E-state index is 5.42. The molecule has 3 rings (SSSR count). The van der Waals surface area contributed by atoms with Crippen LogP contribution in [0.15, 0.2) is 24.3 Å². The molecule has 20 heavy (non-hydrogen) atoms. The Morgan fingerprint density at radius 1 is 1.30 bits per heavy atom. The van der Waals surface area contributed by atoms with Crippen LogP contribution in [0.1, 0.15) is 11.3 Å². The van der Waals surface area contributed by atoms with Gasteiger partial charge in [-0.1, -0.05) is 12.1 Å². The largest absolute Gasteiger partial charge is 0.497 e. The van der Waals surface area contributed by atoms with E-state index in [2.05, 4.69) is 14.6 Å². The van der Waals surface area contributed by atoms with Crippen LogP contribution in [0, 0.1) is 11.7 Å². The van der Waals surface area contributed by atoms with E-state index < -0.39 is 0 Å². The van der Waals surface area contributed by atoms with Crippen LogP contribution in [0.2, 0.25) is 0 Å². The van der Waals surface area contributed by atoms with Gasteiger partial charge >= 0.3 is 0 Å². The molecule has 0 aliphatic carbocycles. The number of ether oxygens (including phenoxy) is 1. The molecule has 0 saturated heterocycles. The molecule has 104 valence electrons. The highest BCUT2D eigenvalue weighted by Crippen LogP contribution is 2.19. The fourth-order valence-corrected chi connectivity index (χ4v) is 2.69. The molecule has 0 radical (unpaired) electrons. The lowest BCUT2D eigenvalue weighted by Crippen LogP contribution is -2.04. The number of aromatic nitrogens is 4. The highest BCUT2D eigenvalue weighted by Gasteiger charge is 2.12. The first-order valence-corrected chi connectivity index (χ1v) is 6.76. The van der Waals surface area contributed by atoms with Crippen molar-refractivity contribution < 1.29 is 4.74 Å². The van der Waals surface area contributed by atoms with Gasteiger partial charge in [-0.25, -0.2) is 0 Å². The SMILES string of the molecule is COc1ccc(Cn2c(=S)[nH]c3c(C)nn(C)c32)cc1. The Bertz CT molecular complexity index is 810. The highest BCUT2D eigenvalue weighted by atomic mass is 32.1. The zero-order valence-corrected chi connectivity index (χ0v) is 12.5. The number of H-pyrrole nitrogens is 1. The number of nitrogens with zero attached hydrogens (tertiary/aromatic N) is 3. The van der Waals surface area contributed by atoms with E-state index in [4.69, 9.17) is 17.0 Å².